The van der Waals surface area contributed by atoms with E-state index >= 15 is 0 Å². The number of para-hydroxylation sites is 1. The molecule has 96 valence electrons. The quantitative estimate of drug-likeness (QED) is 0.624. The number of benzene rings is 1. The van der Waals surface area contributed by atoms with E-state index < -0.39 is 15.7 Å². The number of anilines is 1. The van der Waals surface area contributed by atoms with Gasteiger partial charge < -0.3 is 5.32 Å². The Bertz CT molecular complexity index is 511. The predicted octanol–water partition coefficient (Wildman–Crippen LogP) is 1.65. The van der Waals surface area contributed by atoms with E-state index in [9.17, 15) is 14.3 Å². The molecule has 1 aromatic rings. The number of hydrogen-bond acceptors (Lipinski definition) is 5. The Morgan fingerprint density at radius 2 is 2.28 bits per heavy atom. The highest BCUT2D eigenvalue weighted by atomic mass is 32.2. The van der Waals surface area contributed by atoms with Crippen LogP contribution in [0.4, 0.5) is 11.4 Å². The molecule has 0 spiro atoms. The lowest BCUT2D eigenvalue weighted by Crippen LogP contribution is -2.13. The van der Waals surface area contributed by atoms with Crippen LogP contribution < -0.4 is 5.32 Å². The Morgan fingerprint density at radius 3 is 2.83 bits per heavy atom. The van der Waals surface area contributed by atoms with Crippen molar-refractivity contribution in [1.29, 1.82) is 5.26 Å². The van der Waals surface area contributed by atoms with Crippen LogP contribution in [0, 0.1) is 21.4 Å². The maximum absolute atomic E-state index is 11.2. The molecule has 0 aliphatic rings. The smallest absolute Gasteiger partial charge is 0.309 e. The molecule has 0 aromatic heterocycles. The van der Waals surface area contributed by atoms with Crippen molar-refractivity contribution in [2.45, 2.75) is 6.92 Å². The lowest BCUT2D eigenvalue weighted by atomic mass is 10.1. The van der Waals surface area contributed by atoms with Crippen molar-refractivity contribution < 1.29 is 9.13 Å². The number of nitro benzene ring substituents is 1. The Balaban J connectivity index is 2.86. The van der Waals surface area contributed by atoms with Crippen LogP contribution in [0.5, 0.6) is 0 Å². The largest absolute Gasteiger partial charge is 0.379 e. The molecule has 0 saturated heterocycles. The van der Waals surface area contributed by atoms with E-state index in [1.54, 1.807) is 12.1 Å². The SMILES string of the molecule is CCS(=O)CCNc1cccc(C#N)c1[N+](=O)[O-]. The van der Waals surface area contributed by atoms with Crippen molar-refractivity contribution >= 4 is 22.2 Å². The van der Waals surface area contributed by atoms with Gasteiger partial charge in [0.1, 0.15) is 17.3 Å². The molecule has 0 radical (unpaired) electrons. The molecule has 1 aromatic carbocycles. The Morgan fingerprint density at radius 1 is 1.56 bits per heavy atom. The molecule has 0 heterocycles. The van der Waals surface area contributed by atoms with Gasteiger partial charge >= 0.3 is 5.69 Å². The normalized spacial score (nSPS) is 11.6. The van der Waals surface area contributed by atoms with Gasteiger partial charge in [-0.1, -0.05) is 13.0 Å². The van der Waals surface area contributed by atoms with E-state index in [0.29, 0.717) is 18.1 Å². The molecule has 0 fully saturated rings. The molecule has 0 amide bonds. The first kappa shape index (κ1) is 14.1. The molecule has 7 heteroatoms. The molecule has 0 aliphatic heterocycles. The zero-order valence-corrected chi connectivity index (χ0v) is 10.7. The van der Waals surface area contributed by atoms with Gasteiger partial charge in [0.2, 0.25) is 0 Å². The fourth-order valence-corrected chi connectivity index (χ4v) is 2.04. The van der Waals surface area contributed by atoms with Crippen LogP contribution in [0.2, 0.25) is 0 Å². The second-order valence-corrected chi connectivity index (χ2v) is 5.30. The first-order chi connectivity index (χ1) is 8.60. The van der Waals surface area contributed by atoms with E-state index in [1.807, 2.05) is 6.92 Å². The highest BCUT2D eigenvalue weighted by molar-refractivity contribution is 7.84. The lowest BCUT2D eigenvalue weighted by Gasteiger charge is -2.07. The average Bonchev–Trinajstić information content (AvgIpc) is 2.37. The first-order valence-electron chi connectivity index (χ1n) is 5.36. The summed E-state index contributed by atoms with van der Waals surface area (Å²) in [5.41, 5.74) is 0.0658. The average molecular weight is 267 g/mol. The maximum Gasteiger partial charge on any atom is 0.309 e. The Hall–Kier alpha value is -1.94. The zero-order chi connectivity index (χ0) is 13.5. The van der Waals surface area contributed by atoms with Gasteiger partial charge in [0, 0.05) is 28.9 Å². The van der Waals surface area contributed by atoms with E-state index in [4.69, 9.17) is 5.26 Å². The minimum Gasteiger partial charge on any atom is -0.379 e. The van der Waals surface area contributed by atoms with E-state index in [0.717, 1.165) is 0 Å². The van der Waals surface area contributed by atoms with Gasteiger partial charge in [-0.2, -0.15) is 5.26 Å². The van der Waals surface area contributed by atoms with Crippen LogP contribution in [-0.4, -0.2) is 27.2 Å². The molecule has 0 aliphatic carbocycles. The van der Waals surface area contributed by atoms with Gasteiger partial charge in [-0.25, -0.2) is 0 Å². The Labute approximate surface area is 107 Å². The van der Waals surface area contributed by atoms with E-state index in [-0.39, 0.29) is 16.9 Å². The molecule has 1 N–H and O–H groups in total. The van der Waals surface area contributed by atoms with E-state index in [1.165, 1.54) is 12.1 Å². The van der Waals surface area contributed by atoms with Gasteiger partial charge in [0.25, 0.3) is 0 Å². The van der Waals surface area contributed by atoms with Crippen molar-refractivity contribution in [3.63, 3.8) is 0 Å². The van der Waals surface area contributed by atoms with E-state index in [2.05, 4.69) is 5.32 Å². The van der Waals surface area contributed by atoms with Gasteiger partial charge in [0.05, 0.1) is 4.92 Å². The number of nitro groups is 1. The number of rotatable bonds is 6. The lowest BCUT2D eigenvalue weighted by molar-refractivity contribution is -0.384. The fraction of sp³-hybridized carbons (Fsp3) is 0.364. The van der Waals surface area contributed by atoms with Crippen LogP contribution in [-0.2, 0) is 10.8 Å². The van der Waals surface area contributed by atoms with Crippen molar-refractivity contribution in [2.24, 2.45) is 0 Å². The van der Waals surface area contributed by atoms with Crippen LogP contribution in [0.15, 0.2) is 18.2 Å². The van der Waals surface area contributed by atoms with Crippen LogP contribution >= 0.6 is 0 Å². The van der Waals surface area contributed by atoms with Gasteiger partial charge in [0.15, 0.2) is 0 Å². The highest BCUT2D eigenvalue weighted by Gasteiger charge is 2.18. The zero-order valence-electron chi connectivity index (χ0n) is 9.88. The summed E-state index contributed by atoms with van der Waals surface area (Å²) in [6.07, 6.45) is 0. The summed E-state index contributed by atoms with van der Waals surface area (Å²) in [5.74, 6) is 0.979. The van der Waals surface area contributed by atoms with Crippen LogP contribution in [0.25, 0.3) is 0 Å². The standard InChI is InChI=1S/C11H13N3O3S/c1-2-18(17)7-6-13-10-5-3-4-9(8-12)11(10)14(15)16/h3-5,13H,2,6-7H2,1H3. The summed E-state index contributed by atoms with van der Waals surface area (Å²) in [6, 6.07) is 6.29. The number of nitrogens with zero attached hydrogens (tertiary/aromatic N) is 2. The maximum atomic E-state index is 11.2. The predicted molar refractivity (Wildman–Crippen MR) is 69.9 cm³/mol. The van der Waals surface area contributed by atoms with Gasteiger partial charge in [-0.3, -0.25) is 14.3 Å². The molecule has 0 bridgehead atoms. The van der Waals surface area contributed by atoms with Crippen molar-refractivity contribution in [2.75, 3.05) is 23.4 Å². The molecular formula is C11H13N3O3S. The Kier molecular flexibility index (Phi) is 5.27. The third kappa shape index (κ3) is 3.53. The fourth-order valence-electron chi connectivity index (χ4n) is 1.42. The minimum atomic E-state index is -0.922. The molecule has 0 saturated carbocycles. The van der Waals surface area contributed by atoms with Crippen molar-refractivity contribution in [1.82, 2.24) is 0 Å². The molecule has 1 rings (SSSR count). The molecular weight excluding hydrogens is 254 g/mol. The molecule has 6 nitrogen and oxygen atoms in total. The summed E-state index contributed by atoms with van der Waals surface area (Å²) in [5, 5.41) is 22.6. The molecule has 18 heavy (non-hydrogen) atoms. The third-order valence-corrected chi connectivity index (χ3v) is 3.61. The topological polar surface area (TPSA) is 96.0 Å². The highest BCUT2D eigenvalue weighted by Crippen LogP contribution is 2.27. The summed E-state index contributed by atoms with van der Waals surface area (Å²) in [7, 11) is -0.922. The van der Waals surface area contributed by atoms with Crippen LogP contribution in [0.3, 0.4) is 0 Å². The summed E-state index contributed by atoms with van der Waals surface area (Å²) >= 11 is 0. The monoisotopic (exact) mass is 267 g/mol. The number of nitrogens with one attached hydrogen (secondary N) is 1. The summed E-state index contributed by atoms with van der Waals surface area (Å²) < 4.78 is 11.2. The third-order valence-electron chi connectivity index (χ3n) is 2.31. The second kappa shape index (κ2) is 6.71. The summed E-state index contributed by atoms with van der Waals surface area (Å²) in [4.78, 5) is 10.3. The second-order valence-electron chi connectivity index (χ2n) is 3.43. The number of nitriles is 1. The molecule has 1 atom stereocenters. The summed E-state index contributed by atoms with van der Waals surface area (Å²) in [6.45, 7) is 2.19. The number of hydrogen-bond donors (Lipinski definition) is 1. The van der Waals surface area contributed by atoms with Gasteiger partial charge in [-0.15, -0.1) is 0 Å². The minimum absolute atomic E-state index is 0.0154. The van der Waals surface area contributed by atoms with Crippen molar-refractivity contribution in [3.8, 4) is 6.07 Å². The first-order valence-corrected chi connectivity index (χ1v) is 6.85. The van der Waals surface area contributed by atoms with Crippen molar-refractivity contribution in [3.05, 3.63) is 33.9 Å². The van der Waals surface area contributed by atoms with Gasteiger partial charge in [-0.05, 0) is 12.1 Å². The van der Waals surface area contributed by atoms with Crippen LogP contribution in [0.1, 0.15) is 12.5 Å². The molecule has 1 unspecified atom stereocenters.